The number of carbonyl (C=O) groups excluding carboxylic acids is 1. The third-order valence-electron chi connectivity index (χ3n) is 2.88. The number of hydrogen-bond acceptors (Lipinski definition) is 3. The summed E-state index contributed by atoms with van der Waals surface area (Å²) >= 11 is 0. The average molecular weight is 223 g/mol. The number of nitrogens with zero attached hydrogens (tertiary/aromatic N) is 1. The molecule has 90 valence electrons. The van der Waals surface area contributed by atoms with Gasteiger partial charge >= 0.3 is 0 Å². The van der Waals surface area contributed by atoms with E-state index in [0.717, 1.165) is 6.54 Å². The van der Waals surface area contributed by atoms with Gasteiger partial charge in [-0.25, -0.2) is 0 Å². The smallest absolute Gasteiger partial charge is 0.144 e. The van der Waals surface area contributed by atoms with E-state index >= 15 is 0 Å². The van der Waals surface area contributed by atoms with E-state index in [4.69, 9.17) is 5.11 Å². The molecule has 0 saturated heterocycles. The Kier molecular flexibility index (Phi) is 5.43. The maximum absolute atomic E-state index is 11.8. The van der Waals surface area contributed by atoms with Crippen LogP contribution in [0.5, 0.6) is 0 Å². The molecule has 0 fully saturated rings. The second kappa shape index (κ2) is 6.61. The summed E-state index contributed by atoms with van der Waals surface area (Å²) in [4.78, 5) is 13.9. The third kappa shape index (κ3) is 3.91. The standard InChI is InChI=1S/C13H21NO2/c1-11(2)14(9-10-15)8-7-13(16)12-5-3-4-6-12/h3-6,11-12,15H,7-10H2,1-2H3. The van der Waals surface area contributed by atoms with Crippen LogP contribution in [0, 0.1) is 5.92 Å². The molecular formula is C13H21NO2. The molecule has 0 radical (unpaired) electrons. The predicted octanol–water partition coefficient (Wildman–Crippen LogP) is 1.39. The molecule has 1 aliphatic rings. The van der Waals surface area contributed by atoms with Crippen molar-refractivity contribution < 1.29 is 9.90 Å². The maximum Gasteiger partial charge on any atom is 0.144 e. The van der Waals surface area contributed by atoms with Gasteiger partial charge in [-0.2, -0.15) is 0 Å². The molecule has 0 aromatic heterocycles. The summed E-state index contributed by atoms with van der Waals surface area (Å²) in [6.07, 6.45) is 8.23. The average Bonchev–Trinajstić information content (AvgIpc) is 2.76. The largest absolute Gasteiger partial charge is 0.395 e. The molecule has 3 heteroatoms. The highest BCUT2D eigenvalue weighted by Crippen LogP contribution is 2.12. The van der Waals surface area contributed by atoms with E-state index in [1.54, 1.807) is 0 Å². The monoisotopic (exact) mass is 223 g/mol. The van der Waals surface area contributed by atoms with E-state index in [1.807, 2.05) is 24.3 Å². The Bertz CT molecular complexity index is 270. The van der Waals surface area contributed by atoms with Crippen LogP contribution in [0.1, 0.15) is 20.3 Å². The minimum Gasteiger partial charge on any atom is -0.395 e. The minimum atomic E-state index is -0.0249. The highest BCUT2D eigenvalue weighted by Gasteiger charge is 2.16. The first kappa shape index (κ1) is 13.1. The molecule has 3 nitrogen and oxygen atoms in total. The Morgan fingerprint density at radius 3 is 2.44 bits per heavy atom. The fraction of sp³-hybridized carbons (Fsp3) is 0.615. The van der Waals surface area contributed by atoms with Gasteiger partial charge in [0.25, 0.3) is 0 Å². The molecule has 1 aliphatic carbocycles. The van der Waals surface area contributed by atoms with Crippen molar-refractivity contribution in [3.05, 3.63) is 24.3 Å². The molecule has 0 heterocycles. The summed E-state index contributed by atoms with van der Waals surface area (Å²) in [7, 11) is 0. The summed E-state index contributed by atoms with van der Waals surface area (Å²) in [5.41, 5.74) is 0. The molecule has 0 spiro atoms. The van der Waals surface area contributed by atoms with Crippen LogP contribution in [-0.2, 0) is 4.79 Å². The lowest BCUT2D eigenvalue weighted by Gasteiger charge is -2.25. The van der Waals surface area contributed by atoms with Crippen LogP contribution < -0.4 is 0 Å². The van der Waals surface area contributed by atoms with E-state index in [0.29, 0.717) is 19.0 Å². The highest BCUT2D eigenvalue weighted by molar-refractivity contribution is 5.85. The molecule has 1 N–H and O–H groups in total. The van der Waals surface area contributed by atoms with Gasteiger partial charge in [0, 0.05) is 25.6 Å². The molecule has 0 aromatic carbocycles. The van der Waals surface area contributed by atoms with Crippen molar-refractivity contribution in [2.45, 2.75) is 26.3 Å². The molecule has 0 unspecified atom stereocenters. The zero-order chi connectivity index (χ0) is 12.0. The second-order valence-corrected chi connectivity index (χ2v) is 4.37. The summed E-state index contributed by atoms with van der Waals surface area (Å²) in [6, 6.07) is 0.370. The van der Waals surface area contributed by atoms with Gasteiger partial charge in [0.1, 0.15) is 5.78 Å². The van der Waals surface area contributed by atoms with Gasteiger partial charge in [-0.1, -0.05) is 24.3 Å². The Morgan fingerprint density at radius 2 is 1.94 bits per heavy atom. The maximum atomic E-state index is 11.8. The Labute approximate surface area is 97.4 Å². The summed E-state index contributed by atoms with van der Waals surface area (Å²) in [6.45, 7) is 5.68. The van der Waals surface area contributed by atoms with E-state index < -0.39 is 0 Å². The predicted molar refractivity (Wildman–Crippen MR) is 65.2 cm³/mol. The molecule has 0 atom stereocenters. The van der Waals surface area contributed by atoms with Crippen molar-refractivity contribution in [1.29, 1.82) is 0 Å². The Hall–Kier alpha value is -0.930. The van der Waals surface area contributed by atoms with Gasteiger partial charge in [-0.05, 0) is 13.8 Å². The highest BCUT2D eigenvalue weighted by atomic mass is 16.3. The van der Waals surface area contributed by atoms with Crippen LogP contribution in [0.25, 0.3) is 0 Å². The topological polar surface area (TPSA) is 40.5 Å². The van der Waals surface area contributed by atoms with Crippen molar-refractivity contribution >= 4 is 5.78 Å². The fourth-order valence-corrected chi connectivity index (χ4v) is 1.82. The van der Waals surface area contributed by atoms with Crippen LogP contribution in [0.4, 0.5) is 0 Å². The Morgan fingerprint density at radius 1 is 1.31 bits per heavy atom. The third-order valence-corrected chi connectivity index (χ3v) is 2.88. The van der Waals surface area contributed by atoms with Crippen LogP contribution in [0.15, 0.2) is 24.3 Å². The fourth-order valence-electron chi connectivity index (χ4n) is 1.82. The minimum absolute atomic E-state index is 0.0249. The van der Waals surface area contributed by atoms with E-state index in [-0.39, 0.29) is 18.3 Å². The first-order valence-corrected chi connectivity index (χ1v) is 5.87. The number of Topliss-reactive ketones (excluding diaryl/α,β-unsaturated/α-hetero) is 1. The normalized spacial score (nSPS) is 15.6. The zero-order valence-corrected chi connectivity index (χ0v) is 10.1. The number of rotatable bonds is 7. The molecular weight excluding hydrogens is 202 g/mol. The van der Waals surface area contributed by atoms with Crippen LogP contribution >= 0.6 is 0 Å². The number of ketones is 1. The van der Waals surface area contributed by atoms with Crippen molar-refractivity contribution in [3.63, 3.8) is 0 Å². The van der Waals surface area contributed by atoms with E-state index in [2.05, 4.69) is 18.7 Å². The molecule has 1 rings (SSSR count). The van der Waals surface area contributed by atoms with Crippen LogP contribution in [-0.4, -0.2) is 41.5 Å². The summed E-state index contributed by atoms with van der Waals surface area (Å²) < 4.78 is 0. The number of carbonyl (C=O) groups is 1. The molecule has 16 heavy (non-hydrogen) atoms. The number of aliphatic hydroxyl groups excluding tert-OH is 1. The molecule has 0 saturated carbocycles. The van der Waals surface area contributed by atoms with Crippen molar-refractivity contribution in [1.82, 2.24) is 4.90 Å². The van der Waals surface area contributed by atoms with Gasteiger partial charge in [-0.3, -0.25) is 9.69 Å². The van der Waals surface area contributed by atoms with Crippen LogP contribution in [0.3, 0.4) is 0 Å². The van der Waals surface area contributed by atoms with Crippen LogP contribution in [0.2, 0.25) is 0 Å². The molecule has 0 amide bonds. The van der Waals surface area contributed by atoms with Gasteiger partial charge in [0.15, 0.2) is 0 Å². The molecule has 0 aliphatic heterocycles. The first-order chi connectivity index (χ1) is 7.65. The number of hydrogen-bond donors (Lipinski definition) is 1. The van der Waals surface area contributed by atoms with Gasteiger partial charge < -0.3 is 5.11 Å². The van der Waals surface area contributed by atoms with Crippen molar-refractivity contribution in [2.24, 2.45) is 5.92 Å². The summed E-state index contributed by atoms with van der Waals surface area (Å²) in [5, 5.41) is 8.91. The second-order valence-electron chi connectivity index (χ2n) is 4.37. The number of aliphatic hydroxyl groups is 1. The van der Waals surface area contributed by atoms with Crippen molar-refractivity contribution in [3.8, 4) is 0 Å². The van der Waals surface area contributed by atoms with Gasteiger partial charge in [0.05, 0.1) is 12.5 Å². The lowest BCUT2D eigenvalue weighted by Crippen LogP contribution is -2.35. The quantitative estimate of drug-likeness (QED) is 0.709. The lowest BCUT2D eigenvalue weighted by molar-refractivity contribution is -0.120. The summed E-state index contributed by atoms with van der Waals surface area (Å²) in [5.74, 6) is 0.233. The zero-order valence-electron chi connectivity index (χ0n) is 10.1. The van der Waals surface area contributed by atoms with Crippen molar-refractivity contribution in [2.75, 3.05) is 19.7 Å². The molecule has 0 bridgehead atoms. The van der Waals surface area contributed by atoms with Gasteiger partial charge in [0.2, 0.25) is 0 Å². The molecule has 0 aromatic rings. The van der Waals surface area contributed by atoms with Gasteiger partial charge in [-0.15, -0.1) is 0 Å². The van der Waals surface area contributed by atoms with E-state index in [1.165, 1.54) is 0 Å². The lowest BCUT2D eigenvalue weighted by atomic mass is 10.0. The first-order valence-electron chi connectivity index (χ1n) is 5.87. The number of allylic oxidation sites excluding steroid dienone is 4. The Balaban J connectivity index is 2.33. The SMILES string of the molecule is CC(C)N(CCO)CCC(=O)C1C=CC=C1. The van der Waals surface area contributed by atoms with E-state index in [9.17, 15) is 4.79 Å².